The molecule has 1 nitrogen and oxygen atoms in total. The highest BCUT2D eigenvalue weighted by Crippen LogP contribution is 2.20. The van der Waals surface area contributed by atoms with Crippen LogP contribution in [0.2, 0.25) is 5.02 Å². The fourth-order valence-electron chi connectivity index (χ4n) is 2.58. The average Bonchev–Trinajstić information content (AvgIpc) is 2.47. The first-order valence-electron chi connectivity index (χ1n) is 8.34. The maximum absolute atomic E-state index is 13.4. The zero-order valence-electron chi connectivity index (χ0n) is 13.4. The summed E-state index contributed by atoms with van der Waals surface area (Å²) < 4.78 is 13.4. The van der Waals surface area contributed by atoms with Crippen LogP contribution in [0, 0.1) is 5.82 Å². The Balaban J connectivity index is 2.50. The van der Waals surface area contributed by atoms with Gasteiger partial charge in [-0.3, -0.25) is 0 Å². The van der Waals surface area contributed by atoms with Gasteiger partial charge in [0.1, 0.15) is 5.82 Å². The molecule has 1 aromatic carbocycles. The first-order valence-corrected chi connectivity index (χ1v) is 8.72. The second-order valence-corrected chi connectivity index (χ2v) is 6.20. The van der Waals surface area contributed by atoms with Gasteiger partial charge in [-0.1, -0.05) is 57.6 Å². The predicted molar refractivity (Wildman–Crippen MR) is 90.6 cm³/mol. The van der Waals surface area contributed by atoms with Crippen molar-refractivity contribution < 1.29 is 4.39 Å². The van der Waals surface area contributed by atoms with Crippen molar-refractivity contribution in [1.29, 1.82) is 0 Å². The number of rotatable bonds is 11. The number of hydrogen-bond donors (Lipinski definition) is 1. The second-order valence-electron chi connectivity index (χ2n) is 5.79. The van der Waals surface area contributed by atoms with Gasteiger partial charge in [-0.2, -0.15) is 0 Å². The molecule has 0 bridgehead atoms. The van der Waals surface area contributed by atoms with Crippen molar-refractivity contribution in [2.75, 3.05) is 6.54 Å². The van der Waals surface area contributed by atoms with E-state index in [-0.39, 0.29) is 5.82 Å². The molecule has 21 heavy (non-hydrogen) atoms. The van der Waals surface area contributed by atoms with Crippen molar-refractivity contribution in [3.63, 3.8) is 0 Å². The molecule has 0 aliphatic heterocycles. The molecule has 0 heterocycles. The van der Waals surface area contributed by atoms with E-state index in [9.17, 15) is 4.39 Å². The average molecular weight is 314 g/mol. The molecular formula is C18H29ClFN. The Morgan fingerprint density at radius 2 is 1.86 bits per heavy atom. The minimum Gasteiger partial charge on any atom is -0.314 e. The highest BCUT2D eigenvalue weighted by Gasteiger charge is 2.11. The van der Waals surface area contributed by atoms with Gasteiger partial charge in [-0.15, -0.1) is 0 Å². The van der Waals surface area contributed by atoms with Crippen molar-refractivity contribution >= 4 is 11.6 Å². The first kappa shape index (κ1) is 18.4. The van der Waals surface area contributed by atoms with Gasteiger partial charge < -0.3 is 5.32 Å². The van der Waals surface area contributed by atoms with Gasteiger partial charge in [-0.25, -0.2) is 4.39 Å². The molecule has 0 amide bonds. The molecule has 0 aromatic heterocycles. The van der Waals surface area contributed by atoms with Crippen LogP contribution in [0.25, 0.3) is 0 Å². The molecule has 1 N–H and O–H groups in total. The summed E-state index contributed by atoms with van der Waals surface area (Å²) in [7, 11) is 0. The number of nitrogens with one attached hydrogen (secondary N) is 1. The topological polar surface area (TPSA) is 12.0 Å². The maximum atomic E-state index is 13.4. The van der Waals surface area contributed by atoms with Crippen molar-refractivity contribution in [2.24, 2.45) is 0 Å². The van der Waals surface area contributed by atoms with E-state index in [0.717, 1.165) is 31.4 Å². The van der Waals surface area contributed by atoms with Gasteiger partial charge in [0.15, 0.2) is 0 Å². The zero-order chi connectivity index (χ0) is 15.5. The molecule has 1 atom stereocenters. The molecule has 0 fully saturated rings. The smallest absolute Gasteiger partial charge is 0.123 e. The lowest BCUT2D eigenvalue weighted by Crippen LogP contribution is -2.32. The van der Waals surface area contributed by atoms with Crippen LogP contribution in [-0.4, -0.2) is 12.6 Å². The van der Waals surface area contributed by atoms with E-state index in [1.54, 1.807) is 12.1 Å². The molecule has 1 unspecified atom stereocenters. The van der Waals surface area contributed by atoms with Gasteiger partial charge in [0.05, 0.1) is 0 Å². The molecule has 1 rings (SSSR count). The monoisotopic (exact) mass is 313 g/mol. The summed E-state index contributed by atoms with van der Waals surface area (Å²) in [6, 6.07) is 5.04. The van der Waals surface area contributed by atoms with Crippen LogP contribution in [0.5, 0.6) is 0 Å². The van der Waals surface area contributed by atoms with E-state index in [2.05, 4.69) is 19.2 Å². The van der Waals surface area contributed by atoms with Crippen LogP contribution >= 0.6 is 11.6 Å². The lowest BCUT2D eigenvalue weighted by Gasteiger charge is -2.19. The second kappa shape index (κ2) is 11.0. The van der Waals surface area contributed by atoms with E-state index in [1.807, 2.05) is 0 Å². The highest BCUT2D eigenvalue weighted by atomic mass is 35.5. The van der Waals surface area contributed by atoms with Crippen LogP contribution in [-0.2, 0) is 6.42 Å². The summed E-state index contributed by atoms with van der Waals surface area (Å²) in [6.45, 7) is 5.41. The first-order chi connectivity index (χ1) is 10.2. The molecule has 0 saturated heterocycles. The van der Waals surface area contributed by atoms with E-state index >= 15 is 0 Å². The standard InChI is InChI=1S/C18H29ClFN/c1-3-5-6-7-8-9-17(21-12-4-2)14-15-13-16(20)10-11-18(15)19/h10-11,13,17,21H,3-9,12,14H2,1-2H3. The Hall–Kier alpha value is -0.600. The number of halogens is 2. The molecule has 1 aromatic rings. The lowest BCUT2D eigenvalue weighted by atomic mass is 9.99. The predicted octanol–water partition coefficient (Wildman–Crippen LogP) is 5.75. The largest absolute Gasteiger partial charge is 0.314 e. The van der Waals surface area contributed by atoms with Gasteiger partial charge in [0.25, 0.3) is 0 Å². The Bertz CT molecular complexity index is 395. The minimum absolute atomic E-state index is 0.202. The van der Waals surface area contributed by atoms with Crippen LogP contribution in [0.3, 0.4) is 0 Å². The number of unbranched alkanes of at least 4 members (excludes halogenated alkanes) is 4. The molecule has 0 aliphatic carbocycles. The van der Waals surface area contributed by atoms with Crippen LogP contribution < -0.4 is 5.32 Å². The normalized spacial score (nSPS) is 12.6. The van der Waals surface area contributed by atoms with E-state index < -0.39 is 0 Å². The Labute approximate surface area is 134 Å². The SMILES string of the molecule is CCCCCCCC(Cc1cc(F)ccc1Cl)NCCC. The molecule has 0 saturated carbocycles. The van der Waals surface area contributed by atoms with Crippen molar-refractivity contribution in [2.45, 2.75) is 71.3 Å². The highest BCUT2D eigenvalue weighted by molar-refractivity contribution is 6.31. The molecular weight excluding hydrogens is 285 g/mol. The molecule has 3 heteroatoms. The van der Waals surface area contributed by atoms with Gasteiger partial charge in [0, 0.05) is 11.1 Å². The summed E-state index contributed by atoms with van der Waals surface area (Å²) in [4.78, 5) is 0. The Morgan fingerprint density at radius 3 is 2.57 bits per heavy atom. The van der Waals surface area contributed by atoms with E-state index in [1.165, 1.54) is 38.2 Å². The number of benzene rings is 1. The van der Waals surface area contributed by atoms with Gasteiger partial charge >= 0.3 is 0 Å². The van der Waals surface area contributed by atoms with Crippen molar-refractivity contribution in [1.82, 2.24) is 5.32 Å². The zero-order valence-corrected chi connectivity index (χ0v) is 14.2. The van der Waals surface area contributed by atoms with Crippen LogP contribution in [0.4, 0.5) is 4.39 Å². The lowest BCUT2D eigenvalue weighted by molar-refractivity contribution is 0.450. The van der Waals surface area contributed by atoms with Gasteiger partial charge in [-0.05, 0) is 49.6 Å². The molecule has 120 valence electrons. The third-order valence-electron chi connectivity index (χ3n) is 3.81. The quantitative estimate of drug-likeness (QED) is 0.513. The van der Waals surface area contributed by atoms with Crippen molar-refractivity contribution in [3.05, 3.63) is 34.6 Å². The summed E-state index contributed by atoms with van der Waals surface area (Å²) in [5.41, 5.74) is 0.916. The maximum Gasteiger partial charge on any atom is 0.123 e. The Kier molecular flexibility index (Phi) is 9.69. The third kappa shape index (κ3) is 7.82. The summed E-state index contributed by atoms with van der Waals surface area (Å²) in [5.74, 6) is -0.202. The third-order valence-corrected chi connectivity index (χ3v) is 4.18. The fourth-order valence-corrected chi connectivity index (χ4v) is 2.78. The van der Waals surface area contributed by atoms with Crippen molar-refractivity contribution in [3.8, 4) is 0 Å². The van der Waals surface area contributed by atoms with Crippen LogP contribution in [0.15, 0.2) is 18.2 Å². The Morgan fingerprint density at radius 1 is 1.10 bits per heavy atom. The summed E-state index contributed by atoms with van der Waals surface area (Å²) in [5, 5.41) is 4.25. The molecule has 0 spiro atoms. The van der Waals surface area contributed by atoms with Gasteiger partial charge in [0.2, 0.25) is 0 Å². The summed E-state index contributed by atoms with van der Waals surface area (Å²) >= 11 is 6.18. The fraction of sp³-hybridized carbons (Fsp3) is 0.667. The van der Waals surface area contributed by atoms with Crippen LogP contribution in [0.1, 0.15) is 64.4 Å². The molecule has 0 radical (unpaired) electrons. The minimum atomic E-state index is -0.202. The summed E-state index contributed by atoms with van der Waals surface area (Å²) in [6.07, 6.45) is 9.49. The van der Waals surface area contributed by atoms with E-state index in [0.29, 0.717) is 11.1 Å². The molecule has 0 aliphatic rings. The number of hydrogen-bond acceptors (Lipinski definition) is 1. The van der Waals surface area contributed by atoms with E-state index in [4.69, 9.17) is 11.6 Å².